The van der Waals surface area contributed by atoms with Crippen LogP contribution in [-0.4, -0.2) is 56.1 Å². The average Bonchev–Trinajstić information content (AvgIpc) is 2.72. The molecule has 1 N–H and O–H groups in total. The summed E-state index contributed by atoms with van der Waals surface area (Å²) >= 11 is 2.08. The molecule has 0 saturated heterocycles. The monoisotopic (exact) mass is 584 g/mol. The summed E-state index contributed by atoms with van der Waals surface area (Å²) in [6, 6.07) is 0. The third-order valence-corrected chi connectivity index (χ3v) is 7.07. The van der Waals surface area contributed by atoms with E-state index in [1.165, 1.54) is 108 Å². The van der Waals surface area contributed by atoms with Gasteiger partial charge in [-0.05, 0) is 30.8 Å². The molecule has 0 bridgehead atoms. The third-order valence-electron chi connectivity index (χ3n) is 5.91. The Labute approximate surface area is 223 Å². The lowest BCUT2D eigenvalue weighted by Crippen LogP contribution is -3.00. The lowest BCUT2D eigenvalue weighted by Gasteiger charge is -2.23. The number of rotatable bonds is 24. The first-order chi connectivity index (χ1) is 15.0. The van der Waals surface area contributed by atoms with Crippen molar-refractivity contribution in [3.63, 3.8) is 0 Å². The average molecular weight is 585 g/mol. The number of hydrogen-bond donors (Lipinski definition) is 1. The third kappa shape index (κ3) is 30.5. The van der Waals surface area contributed by atoms with Crippen LogP contribution < -0.4 is 29.3 Å². The largest absolute Gasteiger partial charge is 1.00 e. The number of nitrogens with one attached hydrogen (secondary N) is 1. The van der Waals surface area contributed by atoms with Crippen LogP contribution in [0.1, 0.15) is 122 Å². The summed E-state index contributed by atoms with van der Waals surface area (Å²) < 4.78 is 0.965. The van der Waals surface area contributed by atoms with Crippen molar-refractivity contribution in [2.24, 2.45) is 0 Å². The molecule has 0 saturated carbocycles. The van der Waals surface area contributed by atoms with E-state index in [1.807, 2.05) is 0 Å². The molecule has 0 aliphatic heterocycles. The molecule has 0 unspecified atom stereocenters. The first-order valence-electron chi connectivity index (χ1n) is 13.6. The predicted molar refractivity (Wildman–Crippen MR) is 142 cm³/mol. The fourth-order valence-corrected chi connectivity index (χ4v) is 4.88. The van der Waals surface area contributed by atoms with Crippen molar-refractivity contribution in [3.8, 4) is 0 Å². The van der Waals surface area contributed by atoms with Gasteiger partial charge in [-0.3, -0.25) is 4.79 Å². The number of hydrogen-bond acceptors (Lipinski definition) is 2. The highest BCUT2D eigenvalue weighted by Gasteiger charge is 2.06. The zero-order valence-electron chi connectivity index (χ0n) is 22.2. The molecule has 0 aromatic heterocycles. The second kappa shape index (κ2) is 26.1. The number of quaternary nitrogens is 1. The molecule has 0 aliphatic rings. The van der Waals surface area contributed by atoms with Crippen molar-refractivity contribution >= 4 is 17.7 Å². The molecule has 0 radical (unpaired) electrons. The summed E-state index contributed by atoms with van der Waals surface area (Å²) in [6.45, 7) is 4.22. The molecule has 5 heteroatoms. The molecule has 32 heavy (non-hydrogen) atoms. The lowest BCUT2D eigenvalue weighted by molar-refractivity contribution is -0.870. The van der Waals surface area contributed by atoms with Crippen LogP contribution in [0.3, 0.4) is 0 Å². The van der Waals surface area contributed by atoms with Gasteiger partial charge in [-0.25, -0.2) is 0 Å². The Morgan fingerprint density at radius 3 is 1.56 bits per heavy atom. The van der Waals surface area contributed by atoms with Gasteiger partial charge >= 0.3 is 0 Å². The topological polar surface area (TPSA) is 29.1 Å². The SMILES string of the molecule is CCCCCCCCCCCCCCCCSCCCCC(=O)NCCC[N+](C)(C)C.[I-]. The van der Waals surface area contributed by atoms with Crippen LogP contribution in [0.25, 0.3) is 0 Å². The highest BCUT2D eigenvalue weighted by molar-refractivity contribution is 7.99. The Hall–Kier alpha value is 0.510. The highest BCUT2D eigenvalue weighted by atomic mass is 127. The van der Waals surface area contributed by atoms with Crippen molar-refractivity contribution in [1.82, 2.24) is 5.32 Å². The van der Waals surface area contributed by atoms with Gasteiger partial charge in [0.25, 0.3) is 0 Å². The van der Waals surface area contributed by atoms with Crippen LogP contribution in [0.4, 0.5) is 0 Å². The van der Waals surface area contributed by atoms with Crippen molar-refractivity contribution in [2.45, 2.75) is 122 Å². The van der Waals surface area contributed by atoms with Gasteiger partial charge < -0.3 is 33.8 Å². The van der Waals surface area contributed by atoms with E-state index in [1.54, 1.807) is 0 Å². The predicted octanol–water partition coefficient (Wildman–Crippen LogP) is 4.59. The number of amides is 1. The molecule has 3 nitrogen and oxygen atoms in total. The van der Waals surface area contributed by atoms with Crippen LogP contribution >= 0.6 is 11.8 Å². The quantitative estimate of drug-likeness (QED) is 0.102. The number of thioether (sulfide) groups is 1. The van der Waals surface area contributed by atoms with E-state index in [-0.39, 0.29) is 29.9 Å². The van der Waals surface area contributed by atoms with Gasteiger partial charge in [0.1, 0.15) is 0 Å². The number of carbonyl (C=O) groups excluding carboxylic acids is 1. The van der Waals surface area contributed by atoms with Gasteiger partial charge in [0.15, 0.2) is 0 Å². The van der Waals surface area contributed by atoms with E-state index in [0.29, 0.717) is 6.42 Å². The summed E-state index contributed by atoms with van der Waals surface area (Å²) in [4.78, 5) is 11.8. The summed E-state index contributed by atoms with van der Waals surface area (Å²) in [5.41, 5.74) is 0. The molecule has 0 atom stereocenters. The number of halogens is 1. The molecule has 0 aromatic rings. The fraction of sp³-hybridized carbons (Fsp3) is 0.963. The van der Waals surface area contributed by atoms with Gasteiger partial charge in [0.05, 0.1) is 27.7 Å². The van der Waals surface area contributed by atoms with Crippen molar-refractivity contribution in [3.05, 3.63) is 0 Å². The van der Waals surface area contributed by atoms with Gasteiger partial charge in [-0.2, -0.15) is 11.8 Å². The van der Waals surface area contributed by atoms with Gasteiger partial charge in [0.2, 0.25) is 5.91 Å². The molecule has 0 fully saturated rings. The normalized spacial score (nSPS) is 11.4. The molecule has 0 aliphatic carbocycles. The van der Waals surface area contributed by atoms with E-state index in [2.05, 4.69) is 45.1 Å². The van der Waals surface area contributed by atoms with Crippen LogP contribution in [0.5, 0.6) is 0 Å². The van der Waals surface area contributed by atoms with Crippen LogP contribution in [0, 0.1) is 0 Å². The Kier molecular flexibility index (Phi) is 28.3. The van der Waals surface area contributed by atoms with Gasteiger partial charge in [-0.1, -0.05) is 90.4 Å². The first kappa shape index (κ1) is 34.7. The molecule has 0 rings (SSSR count). The fourth-order valence-electron chi connectivity index (χ4n) is 3.86. The molecule has 0 heterocycles. The van der Waals surface area contributed by atoms with E-state index in [9.17, 15) is 4.79 Å². The van der Waals surface area contributed by atoms with E-state index < -0.39 is 0 Å². The Morgan fingerprint density at radius 1 is 0.656 bits per heavy atom. The maximum Gasteiger partial charge on any atom is 0.219 e. The Balaban J connectivity index is 0. The standard InChI is InChI=1S/C27H56N2OS.HI/c1-5-6-7-8-9-10-11-12-13-14-15-16-17-19-25-31-26-20-18-22-27(30)28-23-21-24-29(2,3)4;/h5-26H2,1-4H3;1H. The van der Waals surface area contributed by atoms with Crippen LogP contribution in [-0.2, 0) is 4.79 Å². The molecule has 0 spiro atoms. The summed E-state index contributed by atoms with van der Waals surface area (Å²) in [5.74, 6) is 2.75. The van der Waals surface area contributed by atoms with E-state index in [4.69, 9.17) is 0 Å². The van der Waals surface area contributed by atoms with Crippen molar-refractivity contribution < 1.29 is 33.3 Å². The summed E-state index contributed by atoms with van der Waals surface area (Å²) in [6.07, 6.45) is 24.0. The second-order valence-corrected chi connectivity index (χ2v) is 11.6. The van der Waals surface area contributed by atoms with E-state index >= 15 is 0 Å². The van der Waals surface area contributed by atoms with Crippen molar-refractivity contribution in [2.75, 3.05) is 45.7 Å². The van der Waals surface area contributed by atoms with Gasteiger partial charge in [-0.15, -0.1) is 0 Å². The molecule has 194 valence electrons. The maximum atomic E-state index is 11.8. The smallest absolute Gasteiger partial charge is 0.219 e. The summed E-state index contributed by atoms with van der Waals surface area (Å²) in [5, 5.41) is 3.06. The molecule has 1 amide bonds. The minimum Gasteiger partial charge on any atom is -1.00 e. The van der Waals surface area contributed by atoms with Crippen molar-refractivity contribution in [1.29, 1.82) is 0 Å². The minimum absolute atomic E-state index is 0. The minimum atomic E-state index is 0. The molecular weight excluding hydrogens is 527 g/mol. The zero-order valence-corrected chi connectivity index (χ0v) is 25.2. The molecular formula is C27H57IN2OS. The zero-order chi connectivity index (χ0) is 23.0. The van der Waals surface area contributed by atoms with Crippen LogP contribution in [0.2, 0.25) is 0 Å². The second-order valence-electron chi connectivity index (χ2n) is 10.4. The Morgan fingerprint density at radius 2 is 1.09 bits per heavy atom. The Bertz CT molecular complexity index is 388. The van der Waals surface area contributed by atoms with Crippen LogP contribution in [0.15, 0.2) is 0 Å². The van der Waals surface area contributed by atoms with E-state index in [0.717, 1.165) is 30.4 Å². The lowest BCUT2D eigenvalue weighted by atomic mass is 10.0. The number of nitrogens with zero attached hydrogens (tertiary/aromatic N) is 1. The number of unbranched alkanes of at least 4 members (excludes halogenated alkanes) is 14. The first-order valence-corrected chi connectivity index (χ1v) is 14.8. The number of carbonyl (C=O) groups is 1. The maximum absolute atomic E-state index is 11.8. The van der Waals surface area contributed by atoms with Gasteiger partial charge in [0, 0.05) is 19.4 Å². The molecule has 0 aromatic carbocycles. The summed E-state index contributed by atoms with van der Waals surface area (Å²) in [7, 11) is 6.58. The highest BCUT2D eigenvalue weighted by Crippen LogP contribution is 2.14.